The molecule has 0 spiro atoms. The molecule has 0 aromatic carbocycles. The molecule has 8 heteroatoms. The first-order valence-electron chi connectivity index (χ1n) is 3.66. The fourth-order valence-electron chi connectivity index (χ4n) is 0.520. The molecule has 0 aromatic heterocycles. The van der Waals surface area contributed by atoms with Crippen molar-refractivity contribution in [3.05, 3.63) is 0 Å². The molecule has 1 N–H and O–H groups in total. The summed E-state index contributed by atoms with van der Waals surface area (Å²) in [5, 5.41) is 18.0. The van der Waals surface area contributed by atoms with Crippen LogP contribution in [0.3, 0.4) is 0 Å². The fraction of sp³-hybridized carbons (Fsp3) is 0.429. The summed E-state index contributed by atoms with van der Waals surface area (Å²) in [7, 11) is 0. The standard InChI is InChI=1S/C7H8O8/c1-3(15-7(13)5(10)11)2-14-6(12)4(8)9/h3H,2H2,1H3,(H,8,9)(H,10,11)/p-1. The van der Waals surface area contributed by atoms with E-state index in [-0.39, 0.29) is 0 Å². The first-order valence-corrected chi connectivity index (χ1v) is 3.66. The molecule has 8 nitrogen and oxygen atoms in total. The van der Waals surface area contributed by atoms with Crippen molar-refractivity contribution in [1.82, 2.24) is 0 Å². The Bertz CT molecular complexity index is 293. The van der Waals surface area contributed by atoms with Crippen LogP contribution in [0.25, 0.3) is 0 Å². The molecule has 0 aliphatic rings. The molecule has 0 fully saturated rings. The molecule has 0 aliphatic heterocycles. The first-order chi connectivity index (χ1) is 6.84. The lowest BCUT2D eigenvalue weighted by Gasteiger charge is -2.12. The summed E-state index contributed by atoms with van der Waals surface area (Å²) in [5.41, 5.74) is 0. The minimum Gasteiger partial charge on any atom is -0.539 e. The van der Waals surface area contributed by atoms with Crippen molar-refractivity contribution in [2.45, 2.75) is 13.0 Å². The normalized spacial score (nSPS) is 11.3. The van der Waals surface area contributed by atoms with Gasteiger partial charge in [0, 0.05) is 0 Å². The maximum Gasteiger partial charge on any atom is 0.417 e. The van der Waals surface area contributed by atoms with Crippen LogP contribution < -0.4 is 5.11 Å². The van der Waals surface area contributed by atoms with Gasteiger partial charge in [0.2, 0.25) is 0 Å². The number of carbonyl (C=O) groups is 4. The van der Waals surface area contributed by atoms with Crippen LogP contribution in [0.2, 0.25) is 0 Å². The molecule has 1 atom stereocenters. The van der Waals surface area contributed by atoms with E-state index in [1.54, 1.807) is 0 Å². The van der Waals surface area contributed by atoms with Gasteiger partial charge < -0.3 is 24.5 Å². The van der Waals surface area contributed by atoms with Gasteiger partial charge in [-0.25, -0.2) is 14.4 Å². The number of rotatable bonds is 3. The first kappa shape index (κ1) is 12.9. The quantitative estimate of drug-likeness (QED) is 0.400. The van der Waals surface area contributed by atoms with E-state index in [2.05, 4.69) is 9.47 Å². The lowest BCUT2D eigenvalue weighted by atomic mass is 10.4. The van der Waals surface area contributed by atoms with E-state index in [1.807, 2.05) is 0 Å². The average molecular weight is 219 g/mol. The third kappa shape index (κ3) is 5.24. The maximum atomic E-state index is 10.4. The highest BCUT2D eigenvalue weighted by Crippen LogP contribution is 1.93. The van der Waals surface area contributed by atoms with E-state index in [0.717, 1.165) is 0 Å². The topological polar surface area (TPSA) is 130 Å². The van der Waals surface area contributed by atoms with Gasteiger partial charge >= 0.3 is 17.9 Å². The number of hydrogen-bond acceptors (Lipinski definition) is 7. The Labute approximate surface area is 83.4 Å². The van der Waals surface area contributed by atoms with Crippen molar-refractivity contribution in [3.63, 3.8) is 0 Å². The second-order valence-electron chi connectivity index (χ2n) is 2.41. The molecule has 0 radical (unpaired) electrons. The summed E-state index contributed by atoms with van der Waals surface area (Å²) in [6, 6.07) is 0. The molecule has 0 rings (SSSR count). The molecule has 15 heavy (non-hydrogen) atoms. The number of carboxylic acid groups (broad SMARTS) is 2. The molecule has 0 heterocycles. The lowest BCUT2D eigenvalue weighted by molar-refractivity contribution is -0.304. The van der Waals surface area contributed by atoms with Gasteiger partial charge in [0.25, 0.3) is 0 Å². The van der Waals surface area contributed by atoms with Crippen molar-refractivity contribution in [2.24, 2.45) is 0 Å². The van der Waals surface area contributed by atoms with Crippen molar-refractivity contribution < 1.29 is 38.9 Å². The van der Waals surface area contributed by atoms with Crippen LogP contribution in [0.15, 0.2) is 0 Å². The Morgan fingerprint density at radius 1 is 1.27 bits per heavy atom. The minimum absolute atomic E-state index is 0.551. The van der Waals surface area contributed by atoms with Crippen molar-refractivity contribution >= 4 is 23.9 Å². The Kier molecular flexibility index (Phi) is 4.79. The van der Waals surface area contributed by atoms with Crippen LogP contribution >= 0.6 is 0 Å². The van der Waals surface area contributed by atoms with Crippen LogP contribution in [0.1, 0.15) is 6.92 Å². The number of carboxylic acids is 2. The molecule has 1 unspecified atom stereocenters. The van der Waals surface area contributed by atoms with Crippen LogP contribution in [-0.4, -0.2) is 41.7 Å². The molecule has 0 aliphatic carbocycles. The Hall–Kier alpha value is -2.12. The Morgan fingerprint density at radius 3 is 2.20 bits per heavy atom. The van der Waals surface area contributed by atoms with E-state index in [4.69, 9.17) is 5.11 Å². The smallest absolute Gasteiger partial charge is 0.417 e. The number of esters is 2. The molecular formula is C7H7O8-. The largest absolute Gasteiger partial charge is 0.539 e. The highest BCUT2D eigenvalue weighted by molar-refractivity contribution is 6.28. The SMILES string of the molecule is CC(COC(=O)C(=O)O)OC(=O)C(=O)[O-]. The zero-order valence-electron chi connectivity index (χ0n) is 7.59. The third-order valence-corrected chi connectivity index (χ3v) is 1.10. The van der Waals surface area contributed by atoms with E-state index in [1.165, 1.54) is 6.92 Å². The van der Waals surface area contributed by atoms with E-state index < -0.39 is 36.6 Å². The minimum atomic E-state index is -2.04. The summed E-state index contributed by atoms with van der Waals surface area (Å²) in [6.07, 6.45) is -1.07. The lowest BCUT2D eigenvalue weighted by Crippen LogP contribution is -2.36. The van der Waals surface area contributed by atoms with E-state index >= 15 is 0 Å². The number of aliphatic carboxylic acids is 2. The monoisotopic (exact) mass is 219 g/mol. The third-order valence-electron chi connectivity index (χ3n) is 1.10. The Balaban J connectivity index is 3.90. The average Bonchev–Trinajstić information content (AvgIpc) is 2.13. The molecule has 0 aromatic rings. The molecule has 0 saturated carbocycles. The second kappa shape index (κ2) is 5.58. The zero-order valence-corrected chi connectivity index (χ0v) is 7.59. The van der Waals surface area contributed by atoms with Gasteiger partial charge in [-0.2, -0.15) is 0 Å². The fourth-order valence-corrected chi connectivity index (χ4v) is 0.520. The van der Waals surface area contributed by atoms with Gasteiger partial charge in [-0.15, -0.1) is 0 Å². The number of ether oxygens (including phenoxy) is 2. The molecule has 0 amide bonds. The van der Waals surface area contributed by atoms with E-state index in [0.29, 0.717) is 0 Å². The summed E-state index contributed by atoms with van der Waals surface area (Å²) < 4.78 is 8.29. The maximum absolute atomic E-state index is 10.4. The predicted octanol–water partition coefficient (Wildman–Crippen LogP) is -2.70. The number of hydrogen-bond donors (Lipinski definition) is 1. The predicted molar refractivity (Wildman–Crippen MR) is 39.2 cm³/mol. The molecule has 0 bridgehead atoms. The van der Waals surface area contributed by atoms with Gasteiger partial charge in [-0.05, 0) is 6.92 Å². The van der Waals surface area contributed by atoms with Crippen LogP contribution in [-0.2, 0) is 28.7 Å². The Morgan fingerprint density at radius 2 is 1.80 bits per heavy atom. The van der Waals surface area contributed by atoms with Crippen LogP contribution in [0.4, 0.5) is 0 Å². The van der Waals surface area contributed by atoms with Gasteiger partial charge in [-0.3, -0.25) is 0 Å². The van der Waals surface area contributed by atoms with Gasteiger partial charge in [0.15, 0.2) is 5.97 Å². The number of carbonyl (C=O) groups excluding carboxylic acids is 3. The van der Waals surface area contributed by atoms with Crippen LogP contribution in [0, 0.1) is 0 Å². The highest BCUT2D eigenvalue weighted by Gasteiger charge is 2.16. The summed E-state index contributed by atoms with van der Waals surface area (Å²) >= 11 is 0. The van der Waals surface area contributed by atoms with Crippen molar-refractivity contribution in [3.8, 4) is 0 Å². The van der Waals surface area contributed by atoms with E-state index in [9.17, 15) is 24.3 Å². The molecule has 0 saturated heterocycles. The van der Waals surface area contributed by atoms with Crippen molar-refractivity contribution in [1.29, 1.82) is 0 Å². The summed E-state index contributed by atoms with van der Waals surface area (Å²) in [4.78, 5) is 40.6. The summed E-state index contributed by atoms with van der Waals surface area (Å²) in [5.74, 6) is -6.97. The molecular weight excluding hydrogens is 212 g/mol. The van der Waals surface area contributed by atoms with Gasteiger partial charge in [0.1, 0.15) is 12.7 Å². The van der Waals surface area contributed by atoms with Gasteiger partial charge in [-0.1, -0.05) is 0 Å². The van der Waals surface area contributed by atoms with Crippen molar-refractivity contribution in [2.75, 3.05) is 6.61 Å². The molecule has 84 valence electrons. The van der Waals surface area contributed by atoms with Gasteiger partial charge in [0.05, 0.1) is 0 Å². The zero-order chi connectivity index (χ0) is 12.0. The second-order valence-corrected chi connectivity index (χ2v) is 2.41. The highest BCUT2D eigenvalue weighted by atomic mass is 16.6. The van der Waals surface area contributed by atoms with Crippen LogP contribution in [0.5, 0.6) is 0 Å². The summed E-state index contributed by atoms with van der Waals surface area (Å²) in [6.45, 7) is 0.667.